The summed E-state index contributed by atoms with van der Waals surface area (Å²) < 4.78 is 32.4. The number of halogens is 2. The van der Waals surface area contributed by atoms with E-state index in [-0.39, 0.29) is 24.1 Å². The molecule has 27 heavy (non-hydrogen) atoms. The van der Waals surface area contributed by atoms with E-state index >= 15 is 0 Å². The summed E-state index contributed by atoms with van der Waals surface area (Å²) in [4.78, 5) is 12.3. The van der Waals surface area contributed by atoms with Gasteiger partial charge in [0.1, 0.15) is 11.6 Å². The molecule has 0 saturated heterocycles. The van der Waals surface area contributed by atoms with Gasteiger partial charge in [-0.05, 0) is 25.1 Å². The summed E-state index contributed by atoms with van der Waals surface area (Å²) in [7, 11) is 0. The number of benzene rings is 2. The van der Waals surface area contributed by atoms with Gasteiger partial charge in [0.05, 0.1) is 12.3 Å². The lowest BCUT2D eigenvalue weighted by Gasteiger charge is -2.17. The van der Waals surface area contributed by atoms with Crippen LogP contribution in [0.5, 0.6) is 0 Å². The number of furan rings is 1. The van der Waals surface area contributed by atoms with Crippen molar-refractivity contribution in [3.63, 3.8) is 0 Å². The molecule has 0 aliphatic carbocycles. The lowest BCUT2D eigenvalue weighted by Crippen LogP contribution is -2.87. The number of nitrogens with one attached hydrogen (secondary N) is 1. The fourth-order valence-electron chi connectivity index (χ4n) is 3.00. The third kappa shape index (κ3) is 4.80. The van der Waals surface area contributed by atoms with Crippen LogP contribution in [0.1, 0.15) is 35.9 Å². The average molecular weight is 371 g/mol. The van der Waals surface area contributed by atoms with E-state index in [1.54, 1.807) is 19.3 Å². The van der Waals surface area contributed by atoms with Gasteiger partial charge in [0.15, 0.2) is 18.3 Å². The van der Waals surface area contributed by atoms with Crippen molar-refractivity contribution in [1.29, 1.82) is 0 Å². The van der Waals surface area contributed by atoms with Gasteiger partial charge in [-0.25, -0.2) is 8.78 Å². The quantitative estimate of drug-likeness (QED) is 0.671. The lowest BCUT2D eigenvalue weighted by molar-refractivity contribution is -0.678. The van der Waals surface area contributed by atoms with E-state index in [1.807, 2.05) is 41.7 Å². The van der Waals surface area contributed by atoms with Crippen molar-refractivity contribution >= 4 is 5.91 Å². The highest BCUT2D eigenvalue weighted by atomic mass is 19.1. The van der Waals surface area contributed by atoms with Crippen molar-refractivity contribution in [2.24, 2.45) is 0 Å². The molecule has 3 rings (SSSR count). The second-order valence-electron chi connectivity index (χ2n) is 6.30. The van der Waals surface area contributed by atoms with Crippen LogP contribution in [0.4, 0.5) is 8.78 Å². The van der Waals surface area contributed by atoms with Crippen LogP contribution < -0.4 is 10.6 Å². The van der Waals surface area contributed by atoms with Gasteiger partial charge in [0.2, 0.25) is 0 Å². The van der Waals surface area contributed by atoms with Crippen LogP contribution in [0.25, 0.3) is 0 Å². The van der Waals surface area contributed by atoms with Gasteiger partial charge in [-0.15, -0.1) is 0 Å². The maximum atomic E-state index is 13.9. The number of nitrogens with two attached hydrogens (primary N) is 1. The van der Waals surface area contributed by atoms with Crippen molar-refractivity contribution in [1.82, 2.24) is 5.32 Å². The molecule has 0 spiro atoms. The van der Waals surface area contributed by atoms with E-state index in [2.05, 4.69) is 5.32 Å². The summed E-state index contributed by atoms with van der Waals surface area (Å²) in [6, 6.07) is 16.0. The van der Waals surface area contributed by atoms with Crippen LogP contribution >= 0.6 is 0 Å². The molecule has 0 fully saturated rings. The second-order valence-corrected chi connectivity index (χ2v) is 6.30. The average Bonchev–Trinajstić information content (AvgIpc) is 3.17. The van der Waals surface area contributed by atoms with Crippen molar-refractivity contribution in [2.45, 2.75) is 19.0 Å². The van der Waals surface area contributed by atoms with Gasteiger partial charge in [-0.2, -0.15) is 0 Å². The molecular formula is C21H21F2N2O2+. The predicted molar refractivity (Wildman–Crippen MR) is 96.7 cm³/mol. The summed E-state index contributed by atoms with van der Waals surface area (Å²) in [5.41, 5.74) is 1.26. The normalized spacial score (nSPS) is 13.1. The molecule has 0 radical (unpaired) electrons. The van der Waals surface area contributed by atoms with Crippen LogP contribution in [-0.4, -0.2) is 12.5 Å². The molecule has 0 saturated carbocycles. The Kier molecular flexibility index (Phi) is 5.98. The Balaban J connectivity index is 1.64. The standard InChI is InChI=1S/C21H20F2N2O2/c1-14(17-10-9-16(22)12-18(17)23)25-20(26)13-24-21(19-8-5-11-27-19)15-6-3-2-4-7-15/h2-12,14,21,24H,13H2,1H3,(H,25,26)/p+1/t14-,21-/m0/s1. The molecule has 140 valence electrons. The summed E-state index contributed by atoms with van der Waals surface area (Å²) in [5, 5.41) is 4.60. The summed E-state index contributed by atoms with van der Waals surface area (Å²) in [6.07, 6.45) is 1.60. The summed E-state index contributed by atoms with van der Waals surface area (Å²) in [5.74, 6) is -0.831. The number of carbonyl (C=O) groups is 1. The Morgan fingerprint density at radius 3 is 2.56 bits per heavy atom. The third-order valence-electron chi connectivity index (χ3n) is 4.35. The largest absolute Gasteiger partial charge is 0.463 e. The Bertz CT molecular complexity index is 882. The van der Waals surface area contributed by atoms with E-state index in [0.717, 1.165) is 17.4 Å². The first-order valence-corrected chi connectivity index (χ1v) is 8.70. The van der Waals surface area contributed by atoms with Crippen LogP contribution in [-0.2, 0) is 4.79 Å². The zero-order valence-corrected chi connectivity index (χ0v) is 14.9. The van der Waals surface area contributed by atoms with Crippen LogP contribution in [0.3, 0.4) is 0 Å². The van der Waals surface area contributed by atoms with Crippen LogP contribution in [0.15, 0.2) is 71.3 Å². The summed E-state index contributed by atoms with van der Waals surface area (Å²) >= 11 is 0. The molecule has 0 aliphatic rings. The van der Waals surface area contributed by atoms with Gasteiger partial charge in [0, 0.05) is 17.2 Å². The molecule has 1 heterocycles. The van der Waals surface area contributed by atoms with E-state index in [4.69, 9.17) is 4.42 Å². The number of rotatable bonds is 7. The third-order valence-corrected chi connectivity index (χ3v) is 4.35. The second kappa shape index (κ2) is 8.60. The van der Waals surface area contributed by atoms with Crippen LogP contribution in [0.2, 0.25) is 0 Å². The predicted octanol–water partition coefficient (Wildman–Crippen LogP) is 3.09. The maximum absolute atomic E-state index is 13.9. The molecule has 1 aromatic heterocycles. The zero-order valence-electron chi connectivity index (χ0n) is 14.9. The Morgan fingerprint density at radius 1 is 1.11 bits per heavy atom. The van der Waals surface area contributed by atoms with Crippen molar-refractivity contribution in [3.05, 3.63) is 95.4 Å². The number of hydrogen-bond acceptors (Lipinski definition) is 2. The van der Waals surface area contributed by atoms with Crippen molar-refractivity contribution in [3.8, 4) is 0 Å². The van der Waals surface area contributed by atoms with Gasteiger partial charge < -0.3 is 15.1 Å². The molecule has 4 nitrogen and oxygen atoms in total. The minimum atomic E-state index is -0.676. The maximum Gasteiger partial charge on any atom is 0.275 e. The zero-order chi connectivity index (χ0) is 19.2. The number of hydrogen-bond donors (Lipinski definition) is 2. The number of quaternary nitrogens is 1. The van der Waals surface area contributed by atoms with Crippen LogP contribution in [0, 0.1) is 11.6 Å². The molecule has 0 unspecified atom stereocenters. The smallest absolute Gasteiger partial charge is 0.275 e. The van der Waals surface area contributed by atoms with E-state index in [9.17, 15) is 13.6 Å². The minimum absolute atomic E-state index is 0.132. The summed E-state index contributed by atoms with van der Waals surface area (Å²) in [6.45, 7) is 1.79. The fourth-order valence-corrected chi connectivity index (χ4v) is 3.00. The first-order valence-electron chi connectivity index (χ1n) is 8.70. The van der Waals surface area contributed by atoms with Gasteiger partial charge in [-0.3, -0.25) is 4.79 Å². The minimum Gasteiger partial charge on any atom is -0.463 e. The fraction of sp³-hybridized carbons (Fsp3) is 0.190. The molecule has 2 atom stereocenters. The number of carbonyl (C=O) groups excluding carboxylic acids is 1. The first kappa shape index (κ1) is 18.8. The van der Waals surface area contributed by atoms with Gasteiger partial charge >= 0.3 is 0 Å². The Morgan fingerprint density at radius 2 is 1.89 bits per heavy atom. The molecule has 3 aromatic rings. The molecule has 0 bridgehead atoms. The molecular weight excluding hydrogens is 350 g/mol. The molecule has 0 aliphatic heterocycles. The van der Waals surface area contributed by atoms with Gasteiger partial charge in [-0.1, -0.05) is 36.4 Å². The molecule has 6 heteroatoms. The monoisotopic (exact) mass is 371 g/mol. The Hall–Kier alpha value is -2.99. The van der Waals surface area contributed by atoms with E-state index in [1.165, 1.54) is 12.1 Å². The SMILES string of the molecule is C[C@H](NC(=O)C[NH2+][C@@H](c1ccccc1)c1ccco1)c1ccc(F)cc1F. The lowest BCUT2D eigenvalue weighted by atomic mass is 10.0. The molecule has 3 N–H and O–H groups in total. The van der Waals surface area contributed by atoms with E-state index < -0.39 is 17.7 Å². The first-order chi connectivity index (χ1) is 13.0. The molecule has 1 amide bonds. The van der Waals surface area contributed by atoms with E-state index in [0.29, 0.717) is 0 Å². The highest BCUT2D eigenvalue weighted by Crippen LogP contribution is 2.19. The Labute approximate surface area is 156 Å². The topological polar surface area (TPSA) is 58.9 Å². The van der Waals surface area contributed by atoms with Crippen molar-refractivity contribution in [2.75, 3.05) is 6.54 Å². The highest BCUT2D eigenvalue weighted by Gasteiger charge is 2.22. The number of amides is 1. The molecule has 2 aromatic carbocycles. The van der Waals surface area contributed by atoms with Gasteiger partial charge in [0.25, 0.3) is 5.91 Å². The van der Waals surface area contributed by atoms with Crippen molar-refractivity contribution < 1.29 is 23.3 Å². The highest BCUT2D eigenvalue weighted by molar-refractivity contribution is 5.77.